The number of sulfonamides is 1. The summed E-state index contributed by atoms with van der Waals surface area (Å²) in [6.45, 7) is 1.87. The van der Waals surface area contributed by atoms with Crippen molar-refractivity contribution in [2.24, 2.45) is 5.10 Å². The molecule has 2 aromatic carbocycles. The highest BCUT2D eigenvalue weighted by Gasteiger charge is 2.18. The van der Waals surface area contributed by atoms with Gasteiger partial charge in [-0.1, -0.05) is 17.7 Å². The Kier molecular flexibility index (Phi) is 4.37. The second-order valence-corrected chi connectivity index (χ2v) is 6.70. The number of benzene rings is 2. The van der Waals surface area contributed by atoms with E-state index in [1.54, 1.807) is 12.1 Å². The maximum atomic E-state index is 12.3. The lowest BCUT2D eigenvalue weighted by Crippen LogP contribution is -2.21. The lowest BCUT2D eigenvalue weighted by molar-refractivity contribution is 0.403. The van der Waals surface area contributed by atoms with Gasteiger partial charge in [0.15, 0.2) is 11.5 Å². The van der Waals surface area contributed by atoms with E-state index in [1.807, 2.05) is 6.92 Å². The second-order valence-electron chi connectivity index (χ2n) is 4.75. The predicted octanol–water partition coefficient (Wildman–Crippen LogP) is 2.06. The standard InChI is InChI=1S/C15H16N2O4S/c1-11-3-6-13(7-4-11)22(20,21)17(2)16-10-12-5-8-14(18)15(19)9-12/h3-10,18-19H,1-2H3/b16-10+. The van der Waals surface area contributed by atoms with E-state index in [1.165, 1.54) is 43.6 Å². The first-order valence-electron chi connectivity index (χ1n) is 6.42. The minimum atomic E-state index is -3.72. The molecule has 2 rings (SSSR count). The molecule has 0 saturated heterocycles. The third kappa shape index (κ3) is 3.37. The van der Waals surface area contributed by atoms with E-state index < -0.39 is 10.0 Å². The molecule has 0 aliphatic carbocycles. The summed E-state index contributed by atoms with van der Waals surface area (Å²) in [5.41, 5.74) is 1.42. The number of aromatic hydroxyl groups is 2. The van der Waals surface area contributed by atoms with Gasteiger partial charge < -0.3 is 10.2 Å². The first kappa shape index (κ1) is 15.8. The molecule has 2 aromatic rings. The molecule has 0 heterocycles. The Labute approximate surface area is 129 Å². The topological polar surface area (TPSA) is 90.2 Å². The summed E-state index contributed by atoms with van der Waals surface area (Å²) < 4.78 is 25.5. The van der Waals surface area contributed by atoms with Crippen LogP contribution in [0.1, 0.15) is 11.1 Å². The second kappa shape index (κ2) is 6.07. The Balaban J connectivity index is 2.23. The van der Waals surface area contributed by atoms with Crippen LogP contribution < -0.4 is 0 Å². The Hall–Kier alpha value is -2.54. The van der Waals surface area contributed by atoms with Gasteiger partial charge in [0.1, 0.15) is 0 Å². The molecule has 0 bridgehead atoms. The van der Waals surface area contributed by atoms with E-state index in [4.69, 9.17) is 0 Å². The Morgan fingerprint density at radius 2 is 1.68 bits per heavy atom. The molecular weight excluding hydrogens is 304 g/mol. The van der Waals surface area contributed by atoms with Gasteiger partial charge in [-0.3, -0.25) is 0 Å². The maximum Gasteiger partial charge on any atom is 0.278 e. The lowest BCUT2D eigenvalue weighted by atomic mass is 10.2. The first-order valence-corrected chi connectivity index (χ1v) is 7.86. The average molecular weight is 320 g/mol. The Morgan fingerprint density at radius 3 is 2.27 bits per heavy atom. The van der Waals surface area contributed by atoms with Crippen LogP contribution in [0.3, 0.4) is 0 Å². The van der Waals surface area contributed by atoms with Gasteiger partial charge in [-0.25, -0.2) is 0 Å². The highest BCUT2D eigenvalue weighted by atomic mass is 32.2. The molecule has 0 aromatic heterocycles. The molecule has 7 heteroatoms. The minimum absolute atomic E-state index is 0.145. The molecule has 0 radical (unpaired) electrons. The summed E-state index contributed by atoms with van der Waals surface area (Å²) in [6.07, 6.45) is 1.28. The monoisotopic (exact) mass is 320 g/mol. The fourth-order valence-electron chi connectivity index (χ4n) is 1.69. The zero-order valence-corrected chi connectivity index (χ0v) is 12.9. The molecule has 0 fully saturated rings. The molecule has 0 aliphatic heterocycles. The molecule has 0 amide bonds. The van der Waals surface area contributed by atoms with Crippen LogP contribution in [0, 0.1) is 6.92 Å². The van der Waals surface area contributed by atoms with Crippen molar-refractivity contribution < 1.29 is 18.6 Å². The van der Waals surface area contributed by atoms with Crippen LogP contribution in [-0.4, -0.2) is 36.3 Å². The van der Waals surface area contributed by atoms with Crippen LogP contribution in [0.4, 0.5) is 0 Å². The molecule has 0 atom stereocenters. The number of nitrogens with zero attached hydrogens (tertiary/aromatic N) is 2. The number of hydrazone groups is 1. The summed E-state index contributed by atoms with van der Waals surface area (Å²) >= 11 is 0. The van der Waals surface area contributed by atoms with E-state index in [0.29, 0.717) is 5.56 Å². The third-order valence-corrected chi connectivity index (χ3v) is 4.69. The van der Waals surface area contributed by atoms with Gasteiger partial charge in [-0.05, 0) is 42.8 Å². The Bertz CT molecular complexity index is 799. The number of rotatable bonds is 4. The van der Waals surface area contributed by atoms with Crippen molar-refractivity contribution in [3.63, 3.8) is 0 Å². The highest BCUT2D eigenvalue weighted by molar-refractivity contribution is 7.89. The largest absolute Gasteiger partial charge is 0.504 e. The van der Waals surface area contributed by atoms with Crippen LogP contribution in [0.15, 0.2) is 52.5 Å². The van der Waals surface area contributed by atoms with E-state index >= 15 is 0 Å². The molecule has 0 spiro atoms. The van der Waals surface area contributed by atoms with Crippen molar-refractivity contribution in [3.05, 3.63) is 53.6 Å². The number of phenolic OH excluding ortho intramolecular Hbond substituents is 2. The zero-order chi connectivity index (χ0) is 16.3. The van der Waals surface area contributed by atoms with Gasteiger partial charge in [0.2, 0.25) is 0 Å². The van der Waals surface area contributed by atoms with Gasteiger partial charge in [-0.2, -0.15) is 17.9 Å². The van der Waals surface area contributed by atoms with Crippen LogP contribution in [0.25, 0.3) is 0 Å². The van der Waals surface area contributed by atoms with Crippen LogP contribution >= 0.6 is 0 Å². The molecule has 6 nitrogen and oxygen atoms in total. The Morgan fingerprint density at radius 1 is 1.05 bits per heavy atom. The van der Waals surface area contributed by atoms with Gasteiger partial charge in [0.05, 0.1) is 11.1 Å². The lowest BCUT2D eigenvalue weighted by Gasteiger charge is -2.13. The van der Waals surface area contributed by atoms with Crippen molar-refractivity contribution in [1.29, 1.82) is 0 Å². The third-order valence-electron chi connectivity index (χ3n) is 3.04. The van der Waals surface area contributed by atoms with Crippen molar-refractivity contribution in [2.45, 2.75) is 11.8 Å². The van der Waals surface area contributed by atoms with Crippen molar-refractivity contribution in [2.75, 3.05) is 7.05 Å². The van der Waals surface area contributed by atoms with Crippen molar-refractivity contribution in [3.8, 4) is 11.5 Å². The molecule has 0 unspecified atom stereocenters. The SMILES string of the molecule is Cc1ccc(S(=O)(=O)N(C)/N=C/c2ccc(O)c(O)c2)cc1. The molecule has 116 valence electrons. The smallest absolute Gasteiger partial charge is 0.278 e. The van der Waals surface area contributed by atoms with E-state index in [9.17, 15) is 18.6 Å². The molecule has 22 heavy (non-hydrogen) atoms. The highest BCUT2D eigenvalue weighted by Crippen LogP contribution is 2.24. The number of aryl methyl sites for hydroxylation is 1. The quantitative estimate of drug-likeness (QED) is 0.512. The summed E-state index contributed by atoms with van der Waals surface area (Å²) in [6, 6.07) is 10.5. The zero-order valence-electron chi connectivity index (χ0n) is 12.1. The number of hydrogen-bond donors (Lipinski definition) is 2. The van der Waals surface area contributed by atoms with Crippen LogP contribution in [-0.2, 0) is 10.0 Å². The van der Waals surface area contributed by atoms with Gasteiger partial charge >= 0.3 is 0 Å². The van der Waals surface area contributed by atoms with E-state index in [-0.39, 0.29) is 16.4 Å². The summed E-state index contributed by atoms with van der Waals surface area (Å²) in [5, 5.41) is 22.5. The van der Waals surface area contributed by atoms with E-state index in [2.05, 4.69) is 5.10 Å². The fourth-order valence-corrected chi connectivity index (χ4v) is 2.65. The van der Waals surface area contributed by atoms with Gasteiger partial charge in [0.25, 0.3) is 10.0 Å². The van der Waals surface area contributed by atoms with Gasteiger partial charge in [0, 0.05) is 7.05 Å². The maximum absolute atomic E-state index is 12.3. The van der Waals surface area contributed by atoms with E-state index in [0.717, 1.165) is 9.98 Å². The fraction of sp³-hybridized carbons (Fsp3) is 0.133. The predicted molar refractivity (Wildman–Crippen MR) is 83.5 cm³/mol. The number of hydrogen-bond acceptors (Lipinski definition) is 5. The van der Waals surface area contributed by atoms with Gasteiger partial charge in [-0.15, -0.1) is 0 Å². The number of phenols is 2. The normalized spacial score (nSPS) is 11.7. The van der Waals surface area contributed by atoms with Crippen molar-refractivity contribution in [1.82, 2.24) is 4.41 Å². The summed E-state index contributed by atoms with van der Waals surface area (Å²) in [7, 11) is -2.40. The minimum Gasteiger partial charge on any atom is -0.504 e. The summed E-state index contributed by atoms with van der Waals surface area (Å²) in [4.78, 5) is 0.145. The average Bonchev–Trinajstić information content (AvgIpc) is 2.48. The van der Waals surface area contributed by atoms with Crippen LogP contribution in [0.5, 0.6) is 11.5 Å². The van der Waals surface area contributed by atoms with Crippen molar-refractivity contribution >= 4 is 16.2 Å². The van der Waals surface area contributed by atoms with Crippen LogP contribution in [0.2, 0.25) is 0 Å². The first-order chi connectivity index (χ1) is 10.3. The molecular formula is C15H16N2O4S. The summed E-state index contributed by atoms with van der Waals surface area (Å²) in [5.74, 6) is -0.550. The molecule has 2 N–H and O–H groups in total. The molecule has 0 aliphatic rings. The molecule has 0 saturated carbocycles.